The average Bonchev–Trinajstić information content (AvgIpc) is 3.02. The van der Waals surface area contributed by atoms with Crippen LogP contribution in [0, 0.1) is 22.7 Å². The minimum Gasteiger partial charge on any atom is -0.459 e. The summed E-state index contributed by atoms with van der Waals surface area (Å²) in [5.74, 6) is -2.90. The van der Waals surface area contributed by atoms with Crippen molar-refractivity contribution in [2.75, 3.05) is 6.61 Å². The van der Waals surface area contributed by atoms with Crippen LogP contribution in [0.15, 0.2) is 72.8 Å². The van der Waals surface area contributed by atoms with Gasteiger partial charge in [-0.15, -0.1) is 0 Å². The zero-order valence-electron chi connectivity index (χ0n) is 27.8. The molecule has 47 heavy (non-hydrogen) atoms. The van der Waals surface area contributed by atoms with Crippen LogP contribution < -0.4 is 0 Å². The Bertz CT molecular complexity index is 1530. The van der Waals surface area contributed by atoms with E-state index in [-0.39, 0.29) is 18.3 Å². The molecule has 9 heteroatoms. The molecule has 0 N–H and O–H groups in total. The van der Waals surface area contributed by atoms with E-state index in [1.54, 1.807) is 12.2 Å². The van der Waals surface area contributed by atoms with Gasteiger partial charge in [0.25, 0.3) is 0 Å². The van der Waals surface area contributed by atoms with Gasteiger partial charge in [-0.25, -0.2) is 9.59 Å². The van der Waals surface area contributed by atoms with Crippen LogP contribution in [0.1, 0.15) is 65.5 Å². The van der Waals surface area contributed by atoms with Crippen LogP contribution in [0.2, 0.25) is 0 Å². The maximum absolute atomic E-state index is 13.5. The quantitative estimate of drug-likeness (QED) is 0.195. The Labute approximate surface area is 276 Å². The third-order valence-electron chi connectivity index (χ3n) is 10.2. The fourth-order valence-electron chi connectivity index (χ4n) is 8.06. The van der Waals surface area contributed by atoms with Gasteiger partial charge >= 0.3 is 23.9 Å². The highest BCUT2D eigenvalue weighted by Crippen LogP contribution is 2.66. The summed E-state index contributed by atoms with van der Waals surface area (Å²) in [6.45, 7) is 10.8. The molecule has 2 saturated carbocycles. The van der Waals surface area contributed by atoms with Crippen LogP contribution in [0.4, 0.5) is 0 Å². The van der Waals surface area contributed by atoms with Crippen molar-refractivity contribution in [3.63, 3.8) is 0 Å². The minimum atomic E-state index is -1.30. The Kier molecular flexibility index (Phi) is 9.78. The number of carbonyl (C=O) groups excluding carboxylic acids is 4. The van der Waals surface area contributed by atoms with Gasteiger partial charge in [-0.3, -0.25) is 9.59 Å². The maximum atomic E-state index is 13.5. The molecule has 3 aliphatic rings. The van der Waals surface area contributed by atoms with Crippen molar-refractivity contribution in [2.24, 2.45) is 22.7 Å². The summed E-state index contributed by atoms with van der Waals surface area (Å²) in [6, 6.07) is 18.7. The third-order valence-corrected chi connectivity index (χ3v) is 10.2. The van der Waals surface area contributed by atoms with E-state index in [1.165, 1.54) is 26.0 Å². The van der Waals surface area contributed by atoms with Crippen molar-refractivity contribution in [1.82, 2.24) is 0 Å². The predicted octanol–water partition coefficient (Wildman–Crippen LogP) is 5.96. The Morgan fingerprint density at radius 2 is 1.23 bits per heavy atom. The number of esters is 4. The Balaban J connectivity index is 1.57. The van der Waals surface area contributed by atoms with E-state index in [4.69, 9.17) is 23.7 Å². The number of carbonyl (C=O) groups is 4. The second kappa shape index (κ2) is 13.5. The van der Waals surface area contributed by atoms with Gasteiger partial charge in [0.2, 0.25) is 0 Å². The largest absolute Gasteiger partial charge is 0.459 e. The van der Waals surface area contributed by atoms with E-state index in [0.717, 1.165) is 11.1 Å². The molecule has 1 aliphatic heterocycles. The molecule has 250 valence electrons. The van der Waals surface area contributed by atoms with E-state index in [2.05, 4.69) is 0 Å². The number of hydrogen-bond acceptors (Lipinski definition) is 9. The number of hydrogen-bond donors (Lipinski definition) is 0. The molecule has 8 atom stereocenters. The second-order valence-corrected chi connectivity index (χ2v) is 13.8. The molecule has 2 aromatic carbocycles. The summed E-state index contributed by atoms with van der Waals surface area (Å²) in [5, 5.41) is 0. The predicted molar refractivity (Wildman–Crippen MR) is 174 cm³/mol. The van der Waals surface area contributed by atoms with Crippen LogP contribution in [-0.2, 0) is 42.9 Å². The first kappa shape index (κ1) is 34.1. The van der Waals surface area contributed by atoms with Gasteiger partial charge in [-0.1, -0.05) is 81.4 Å². The fourth-order valence-corrected chi connectivity index (χ4v) is 8.06. The van der Waals surface area contributed by atoms with Gasteiger partial charge in [0, 0.05) is 31.9 Å². The molecule has 1 saturated heterocycles. The molecule has 9 nitrogen and oxygen atoms in total. The lowest BCUT2D eigenvalue weighted by Crippen LogP contribution is -2.81. The van der Waals surface area contributed by atoms with Gasteiger partial charge < -0.3 is 23.7 Å². The maximum Gasteiger partial charge on any atom is 0.331 e. The minimum absolute atomic E-state index is 0.248. The molecular weight excluding hydrogens is 600 g/mol. The summed E-state index contributed by atoms with van der Waals surface area (Å²) in [5.41, 5.74) is -1.34. The van der Waals surface area contributed by atoms with Gasteiger partial charge in [0.05, 0.1) is 12.0 Å². The second-order valence-electron chi connectivity index (χ2n) is 13.8. The van der Waals surface area contributed by atoms with E-state index < -0.39 is 64.7 Å². The topological polar surface area (TPSA) is 114 Å². The molecular formula is C38H44O9. The van der Waals surface area contributed by atoms with E-state index in [1.807, 2.05) is 88.4 Å². The first-order valence-corrected chi connectivity index (χ1v) is 16.1. The molecule has 0 radical (unpaired) electrons. The van der Waals surface area contributed by atoms with Crippen LogP contribution in [-0.4, -0.2) is 60.5 Å². The standard InChI is InChI=1S/C38H44O9/c1-24-21-30(46-32(41)19-17-27-13-9-7-10-14-27)35(45-26(3)40)37(6)31(47-33(42)20-18-28-15-11-8-12-16-28)22-29-34(44-25(2)39)38(24,37)43-23-36(29,4)5/h7-20,24,29-31,34-35H,21-23H2,1-6H3/b19-17+,20-18+. The highest BCUT2D eigenvalue weighted by molar-refractivity contribution is 5.88. The fraction of sp³-hybridized carbons (Fsp3) is 0.474. The molecule has 2 aromatic rings. The van der Waals surface area contributed by atoms with Crippen molar-refractivity contribution >= 4 is 36.0 Å². The van der Waals surface area contributed by atoms with Gasteiger partial charge in [0.15, 0.2) is 6.10 Å². The van der Waals surface area contributed by atoms with Crippen molar-refractivity contribution in [1.29, 1.82) is 0 Å². The van der Waals surface area contributed by atoms with Crippen molar-refractivity contribution in [2.45, 2.75) is 84.4 Å². The van der Waals surface area contributed by atoms with Crippen LogP contribution >= 0.6 is 0 Å². The van der Waals surface area contributed by atoms with Crippen LogP contribution in [0.25, 0.3) is 12.2 Å². The van der Waals surface area contributed by atoms with Crippen molar-refractivity contribution < 1.29 is 42.9 Å². The van der Waals surface area contributed by atoms with Crippen LogP contribution in [0.3, 0.4) is 0 Å². The molecule has 0 amide bonds. The summed E-state index contributed by atoms with van der Waals surface area (Å²) < 4.78 is 31.4. The monoisotopic (exact) mass is 644 g/mol. The molecule has 8 unspecified atom stereocenters. The first-order chi connectivity index (χ1) is 22.3. The lowest BCUT2D eigenvalue weighted by Gasteiger charge is -2.70. The van der Waals surface area contributed by atoms with Gasteiger partial charge in [-0.2, -0.15) is 0 Å². The zero-order valence-corrected chi connectivity index (χ0v) is 27.8. The Morgan fingerprint density at radius 1 is 0.723 bits per heavy atom. The number of fused-ring (bicyclic) bond motifs is 1. The number of rotatable bonds is 8. The molecule has 2 aliphatic carbocycles. The number of ether oxygens (including phenoxy) is 5. The molecule has 1 heterocycles. The molecule has 1 spiro atoms. The highest BCUT2D eigenvalue weighted by atomic mass is 16.6. The van der Waals surface area contributed by atoms with Crippen molar-refractivity contribution in [3.8, 4) is 0 Å². The molecule has 5 rings (SSSR count). The molecule has 2 bridgehead atoms. The van der Waals surface area contributed by atoms with Crippen molar-refractivity contribution in [3.05, 3.63) is 83.9 Å². The normalized spacial score (nSPS) is 32.6. The smallest absolute Gasteiger partial charge is 0.331 e. The van der Waals surface area contributed by atoms with E-state index in [9.17, 15) is 19.2 Å². The third kappa shape index (κ3) is 6.63. The van der Waals surface area contributed by atoms with E-state index >= 15 is 0 Å². The average molecular weight is 645 g/mol. The first-order valence-electron chi connectivity index (χ1n) is 16.1. The number of benzene rings is 2. The summed E-state index contributed by atoms with van der Waals surface area (Å²) in [4.78, 5) is 52.1. The zero-order chi connectivity index (χ0) is 34.0. The van der Waals surface area contributed by atoms with Crippen LogP contribution in [0.5, 0.6) is 0 Å². The highest BCUT2D eigenvalue weighted by Gasteiger charge is 2.77. The lowest BCUT2D eigenvalue weighted by atomic mass is 9.44. The summed E-state index contributed by atoms with van der Waals surface area (Å²) in [7, 11) is 0. The lowest BCUT2D eigenvalue weighted by molar-refractivity contribution is -0.370. The SMILES string of the molecule is CC(=O)OC1C(OC(=O)/C=C/c2ccccc2)CC(C)C23OCC(C)(C)C(CC(OC(=O)/C=C/c4ccccc4)C12C)C3OC(C)=O. The summed E-state index contributed by atoms with van der Waals surface area (Å²) in [6.07, 6.45) is 2.96. The molecule has 0 aromatic heterocycles. The molecule has 3 fully saturated rings. The Morgan fingerprint density at radius 3 is 1.77 bits per heavy atom. The van der Waals surface area contributed by atoms with Gasteiger partial charge in [0.1, 0.15) is 23.9 Å². The van der Waals surface area contributed by atoms with E-state index in [0.29, 0.717) is 13.0 Å². The summed E-state index contributed by atoms with van der Waals surface area (Å²) >= 11 is 0. The Hall–Kier alpha value is -4.24. The van der Waals surface area contributed by atoms with Gasteiger partial charge in [-0.05, 0) is 54.4 Å².